The Morgan fingerprint density at radius 3 is 2.32 bits per heavy atom. The number of fused-ring (bicyclic) bond motifs is 5. The summed E-state index contributed by atoms with van der Waals surface area (Å²) in [5, 5.41) is 2.59. The smallest absolute Gasteiger partial charge is 0.329 e. The highest BCUT2D eigenvalue weighted by molar-refractivity contribution is 6.09. The first-order chi connectivity index (χ1) is 14.8. The maximum absolute atomic E-state index is 12.8. The van der Waals surface area contributed by atoms with E-state index in [2.05, 4.69) is 5.32 Å². The molecule has 1 aromatic rings. The van der Waals surface area contributed by atoms with Crippen LogP contribution >= 0.6 is 0 Å². The lowest BCUT2D eigenvalue weighted by Crippen LogP contribution is -2.45. The Balaban J connectivity index is 1.34. The fourth-order valence-electron chi connectivity index (χ4n) is 4.76. The fourth-order valence-corrected chi connectivity index (χ4v) is 4.76. The van der Waals surface area contributed by atoms with Gasteiger partial charge in [-0.2, -0.15) is 0 Å². The molecule has 1 aromatic carbocycles. The molecule has 4 rings (SSSR count). The van der Waals surface area contributed by atoms with Gasteiger partial charge in [0.25, 0.3) is 5.91 Å². The Bertz CT molecular complexity index is 943. The number of hydrogen-bond acceptors (Lipinski definition) is 7. The van der Waals surface area contributed by atoms with Crippen LogP contribution in [0.4, 0.5) is 5.69 Å². The van der Waals surface area contributed by atoms with Crippen LogP contribution in [-0.2, 0) is 23.9 Å². The van der Waals surface area contributed by atoms with Gasteiger partial charge in [-0.1, -0.05) is 12.2 Å². The first kappa shape index (κ1) is 20.9. The van der Waals surface area contributed by atoms with Crippen LogP contribution in [0, 0.1) is 23.7 Å². The zero-order chi connectivity index (χ0) is 22.3. The number of carbonyl (C=O) groups is 4. The Morgan fingerprint density at radius 2 is 1.74 bits per heavy atom. The van der Waals surface area contributed by atoms with Gasteiger partial charge in [-0.15, -0.1) is 0 Å². The number of anilines is 1. The van der Waals surface area contributed by atoms with Crippen molar-refractivity contribution in [2.24, 2.45) is 23.7 Å². The second kappa shape index (κ2) is 8.05. The molecule has 3 aliphatic rings. The highest BCUT2D eigenvalue weighted by Crippen LogP contribution is 2.52. The van der Waals surface area contributed by atoms with Crippen LogP contribution < -0.4 is 14.8 Å². The van der Waals surface area contributed by atoms with Crippen LogP contribution in [0.5, 0.6) is 11.5 Å². The predicted octanol–water partition coefficient (Wildman–Crippen LogP) is 1.38. The number of allylic oxidation sites excluding steroid dienone is 2. The molecule has 2 bridgehead atoms. The van der Waals surface area contributed by atoms with Crippen LogP contribution in [-0.4, -0.2) is 55.5 Å². The van der Waals surface area contributed by atoms with Crippen molar-refractivity contribution in [3.8, 4) is 11.5 Å². The number of hydrogen-bond donors (Lipinski definition) is 1. The summed E-state index contributed by atoms with van der Waals surface area (Å²) in [6.07, 6.45) is 4.79. The van der Waals surface area contributed by atoms with E-state index in [9.17, 15) is 19.2 Å². The lowest BCUT2D eigenvalue weighted by molar-refractivity contribution is -0.159. The van der Waals surface area contributed by atoms with Crippen molar-refractivity contribution in [2.75, 3.05) is 26.1 Å². The number of rotatable bonds is 7. The molecule has 164 valence electrons. The molecule has 1 saturated carbocycles. The number of likely N-dealkylation sites (tertiary alicyclic amines) is 1. The summed E-state index contributed by atoms with van der Waals surface area (Å²) < 4.78 is 15.4. The van der Waals surface area contributed by atoms with E-state index in [-0.39, 0.29) is 35.5 Å². The number of benzene rings is 1. The van der Waals surface area contributed by atoms with Gasteiger partial charge >= 0.3 is 5.97 Å². The minimum atomic E-state index is -1.09. The van der Waals surface area contributed by atoms with Crippen molar-refractivity contribution in [1.82, 2.24) is 4.90 Å². The summed E-state index contributed by atoms with van der Waals surface area (Å²) in [5.74, 6) is -1.76. The van der Waals surface area contributed by atoms with Crippen LogP contribution in [0.3, 0.4) is 0 Å². The van der Waals surface area contributed by atoms with Crippen molar-refractivity contribution in [2.45, 2.75) is 19.4 Å². The van der Waals surface area contributed by atoms with Gasteiger partial charge in [0, 0.05) is 6.07 Å². The van der Waals surface area contributed by atoms with E-state index in [1.807, 2.05) is 12.2 Å². The lowest BCUT2D eigenvalue weighted by atomic mass is 9.85. The van der Waals surface area contributed by atoms with E-state index < -0.39 is 24.5 Å². The molecule has 3 amide bonds. The number of ether oxygens (including phenoxy) is 3. The Labute approximate surface area is 179 Å². The number of carbonyl (C=O) groups excluding carboxylic acids is 4. The molecule has 1 saturated heterocycles. The van der Waals surface area contributed by atoms with Gasteiger partial charge in [0.2, 0.25) is 11.8 Å². The zero-order valence-corrected chi connectivity index (χ0v) is 17.5. The standard InChI is InChI=1S/C22H24N2O7/c1-11(24-20(26)18-12-4-5-13(8-12)19(18)21(24)27)22(28)31-10-17(25)23-15-7-6-14(29-2)9-16(15)30-3/h4-7,9,11-13,18-19H,8,10H2,1-3H3,(H,23,25)/t11-,12-,13-,18-,19+/m0/s1. The first-order valence-electron chi connectivity index (χ1n) is 10.1. The molecule has 2 aliphatic carbocycles. The normalized spacial score (nSPS) is 26.6. The quantitative estimate of drug-likeness (QED) is 0.397. The lowest BCUT2D eigenvalue weighted by Gasteiger charge is -2.23. The van der Waals surface area contributed by atoms with Gasteiger partial charge < -0.3 is 19.5 Å². The van der Waals surface area contributed by atoms with Gasteiger partial charge in [-0.05, 0) is 37.3 Å². The number of nitrogens with one attached hydrogen (secondary N) is 1. The van der Waals surface area contributed by atoms with Crippen LogP contribution in [0.1, 0.15) is 13.3 Å². The predicted molar refractivity (Wildman–Crippen MR) is 108 cm³/mol. The second-order valence-electron chi connectivity index (χ2n) is 7.94. The number of nitrogens with zero attached hydrogens (tertiary/aromatic N) is 1. The topological polar surface area (TPSA) is 111 Å². The van der Waals surface area contributed by atoms with Gasteiger partial charge in [0.05, 0.1) is 31.7 Å². The molecule has 0 radical (unpaired) electrons. The Kier molecular flexibility index (Phi) is 5.43. The third kappa shape index (κ3) is 3.54. The molecule has 2 fully saturated rings. The van der Waals surface area contributed by atoms with Gasteiger partial charge in [0.15, 0.2) is 6.61 Å². The first-order valence-corrected chi connectivity index (χ1v) is 10.1. The van der Waals surface area contributed by atoms with E-state index in [0.29, 0.717) is 17.2 Å². The molecule has 1 N–H and O–H groups in total. The van der Waals surface area contributed by atoms with Crippen molar-refractivity contribution < 1.29 is 33.4 Å². The van der Waals surface area contributed by atoms with Crippen molar-refractivity contribution in [3.05, 3.63) is 30.4 Å². The third-order valence-electron chi connectivity index (χ3n) is 6.26. The minimum Gasteiger partial charge on any atom is -0.497 e. The largest absolute Gasteiger partial charge is 0.497 e. The molecule has 0 aromatic heterocycles. The Hall–Kier alpha value is -3.36. The van der Waals surface area contributed by atoms with Gasteiger partial charge in [-0.25, -0.2) is 4.79 Å². The number of methoxy groups -OCH3 is 2. The highest BCUT2D eigenvalue weighted by Gasteiger charge is 2.60. The average Bonchev–Trinajstić information content (AvgIpc) is 3.45. The molecule has 9 heteroatoms. The monoisotopic (exact) mass is 428 g/mol. The number of esters is 1. The summed E-state index contributed by atoms with van der Waals surface area (Å²) in [5.41, 5.74) is 0.387. The molecule has 5 atom stereocenters. The molecule has 9 nitrogen and oxygen atoms in total. The summed E-state index contributed by atoms with van der Waals surface area (Å²) >= 11 is 0. The van der Waals surface area contributed by atoms with Gasteiger partial charge in [0.1, 0.15) is 17.5 Å². The zero-order valence-electron chi connectivity index (χ0n) is 17.5. The molecule has 1 heterocycles. The summed E-state index contributed by atoms with van der Waals surface area (Å²) in [4.78, 5) is 51.3. The molecule has 0 unspecified atom stereocenters. The Morgan fingerprint density at radius 1 is 1.10 bits per heavy atom. The molecule has 31 heavy (non-hydrogen) atoms. The van der Waals surface area contributed by atoms with Crippen molar-refractivity contribution in [3.63, 3.8) is 0 Å². The molecular formula is C22H24N2O7. The second-order valence-corrected chi connectivity index (χ2v) is 7.94. The van der Waals surface area contributed by atoms with Crippen LogP contribution in [0.15, 0.2) is 30.4 Å². The van der Waals surface area contributed by atoms with Crippen molar-refractivity contribution in [1.29, 1.82) is 0 Å². The number of imide groups is 1. The van der Waals surface area contributed by atoms with E-state index in [1.165, 1.54) is 21.1 Å². The molecule has 0 spiro atoms. The molecule has 1 aliphatic heterocycles. The van der Waals surface area contributed by atoms with E-state index in [4.69, 9.17) is 14.2 Å². The maximum Gasteiger partial charge on any atom is 0.329 e. The third-order valence-corrected chi connectivity index (χ3v) is 6.26. The average molecular weight is 428 g/mol. The molecular weight excluding hydrogens is 404 g/mol. The SMILES string of the molecule is COc1ccc(NC(=O)COC(=O)[C@H](C)N2C(=O)[C@@H]3[C@H](C2=O)[C@H]2C=C[C@H]3C2)c(OC)c1. The summed E-state index contributed by atoms with van der Waals surface area (Å²) in [6, 6.07) is 3.76. The van der Waals surface area contributed by atoms with Crippen LogP contribution in [0.2, 0.25) is 0 Å². The van der Waals surface area contributed by atoms with Crippen molar-refractivity contribution >= 4 is 29.4 Å². The highest BCUT2D eigenvalue weighted by atomic mass is 16.5. The van der Waals surface area contributed by atoms with E-state index >= 15 is 0 Å². The summed E-state index contributed by atoms with van der Waals surface area (Å²) in [7, 11) is 2.96. The van der Waals surface area contributed by atoms with E-state index in [1.54, 1.807) is 18.2 Å². The van der Waals surface area contributed by atoms with Gasteiger partial charge in [-0.3, -0.25) is 19.3 Å². The number of amides is 3. The fraction of sp³-hybridized carbons (Fsp3) is 0.455. The summed E-state index contributed by atoms with van der Waals surface area (Å²) in [6.45, 7) is 0.882. The van der Waals surface area contributed by atoms with E-state index in [0.717, 1.165) is 11.3 Å². The maximum atomic E-state index is 12.8. The minimum absolute atomic E-state index is 0.0601. The van der Waals surface area contributed by atoms with Crippen LogP contribution in [0.25, 0.3) is 0 Å².